The molecule has 0 aliphatic carbocycles. The molecule has 0 saturated heterocycles. The van der Waals surface area contributed by atoms with E-state index in [2.05, 4.69) is 0 Å². The van der Waals surface area contributed by atoms with Gasteiger partial charge in [0.05, 0.1) is 11.1 Å². The predicted molar refractivity (Wildman–Crippen MR) is 126 cm³/mol. The third-order valence-corrected chi connectivity index (χ3v) is 6.09. The van der Waals surface area contributed by atoms with Crippen molar-refractivity contribution in [1.29, 1.82) is 0 Å². The Balaban J connectivity index is 1.18. The summed E-state index contributed by atoms with van der Waals surface area (Å²) in [6.45, 7) is 1.17. The number of amides is 3. The van der Waals surface area contributed by atoms with E-state index in [0.717, 1.165) is 50.5 Å². The molecule has 1 heterocycles. The van der Waals surface area contributed by atoms with E-state index < -0.39 is 0 Å². The third kappa shape index (κ3) is 6.52. The number of unbranched alkanes of at least 4 members (excludes halogenated alkanes) is 7. The number of imide groups is 1. The van der Waals surface area contributed by atoms with Crippen molar-refractivity contribution < 1.29 is 14.4 Å². The first kappa shape index (κ1) is 23.7. The highest BCUT2D eigenvalue weighted by Crippen LogP contribution is 2.23. The molecule has 2 aromatic rings. The molecule has 3 amide bonds. The molecule has 5 nitrogen and oxygen atoms in total. The minimum atomic E-state index is -0.158. The van der Waals surface area contributed by atoms with Crippen LogP contribution in [0.2, 0.25) is 0 Å². The Morgan fingerprint density at radius 1 is 0.719 bits per heavy atom. The molecule has 2 aromatic carbocycles. The summed E-state index contributed by atoms with van der Waals surface area (Å²) in [5, 5.41) is 0. The lowest BCUT2D eigenvalue weighted by Gasteiger charge is -2.17. The van der Waals surface area contributed by atoms with E-state index in [4.69, 9.17) is 0 Å². The Hall–Kier alpha value is -2.95. The van der Waals surface area contributed by atoms with E-state index in [1.807, 2.05) is 42.3 Å². The molecule has 0 atom stereocenters. The van der Waals surface area contributed by atoms with Crippen LogP contribution in [0.5, 0.6) is 0 Å². The van der Waals surface area contributed by atoms with Crippen LogP contribution in [0, 0.1) is 0 Å². The first-order chi connectivity index (χ1) is 15.6. The second-order valence-electron chi connectivity index (χ2n) is 8.62. The van der Waals surface area contributed by atoms with Crippen molar-refractivity contribution in [2.75, 3.05) is 13.6 Å². The molecule has 3 rings (SSSR count). The molecule has 5 heteroatoms. The first-order valence-corrected chi connectivity index (χ1v) is 11.8. The summed E-state index contributed by atoms with van der Waals surface area (Å²) < 4.78 is 0. The number of carbonyl (C=O) groups is 3. The van der Waals surface area contributed by atoms with Crippen LogP contribution in [0.25, 0.3) is 0 Å². The zero-order valence-electron chi connectivity index (χ0n) is 19.1. The molecule has 0 aromatic heterocycles. The van der Waals surface area contributed by atoms with Gasteiger partial charge in [-0.15, -0.1) is 0 Å². The molecule has 0 fully saturated rings. The highest BCUT2D eigenvalue weighted by molar-refractivity contribution is 6.21. The van der Waals surface area contributed by atoms with Gasteiger partial charge in [-0.2, -0.15) is 0 Å². The zero-order chi connectivity index (χ0) is 22.8. The van der Waals surface area contributed by atoms with Crippen molar-refractivity contribution >= 4 is 17.7 Å². The van der Waals surface area contributed by atoms with E-state index >= 15 is 0 Å². The molecule has 170 valence electrons. The molecule has 0 spiro atoms. The highest BCUT2D eigenvalue weighted by Gasteiger charge is 2.34. The van der Waals surface area contributed by atoms with E-state index in [1.165, 1.54) is 11.3 Å². The summed E-state index contributed by atoms with van der Waals surface area (Å²) in [7, 11) is 1.87. The van der Waals surface area contributed by atoms with Gasteiger partial charge < -0.3 is 4.90 Å². The quantitative estimate of drug-likeness (QED) is 0.311. The fourth-order valence-electron chi connectivity index (χ4n) is 4.19. The monoisotopic (exact) mass is 434 g/mol. The molecule has 0 N–H and O–H groups in total. The molecule has 32 heavy (non-hydrogen) atoms. The van der Waals surface area contributed by atoms with Crippen LogP contribution in [0.4, 0.5) is 0 Å². The van der Waals surface area contributed by atoms with Crippen LogP contribution in [-0.4, -0.2) is 41.1 Å². The fraction of sp³-hybridized carbons (Fsp3) is 0.444. The number of hydrogen-bond donors (Lipinski definition) is 0. The second kappa shape index (κ2) is 12.2. The average Bonchev–Trinajstić information content (AvgIpc) is 3.05. The topological polar surface area (TPSA) is 57.7 Å². The molecular weight excluding hydrogens is 400 g/mol. The van der Waals surface area contributed by atoms with Gasteiger partial charge >= 0.3 is 0 Å². The van der Waals surface area contributed by atoms with E-state index in [1.54, 1.807) is 24.3 Å². The van der Waals surface area contributed by atoms with Gasteiger partial charge in [0.1, 0.15) is 0 Å². The van der Waals surface area contributed by atoms with Crippen LogP contribution in [0.3, 0.4) is 0 Å². The summed E-state index contributed by atoms with van der Waals surface area (Å²) in [5.41, 5.74) is 2.22. The Morgan fingerprint density at radius 3 is 1.81 bits per heavy atom. The van der Waals surface area contributed by atoms with Crippen molar-refractivity contribution in [2.45, 2.75) is 64.3 Å². The highest BCUT2D eigenvalue weighted by atomic mass is 16.2. The number of carbonyl (C=O) groups excluding carboxylic acids is 3. The molecule has 0 unspecified atom stereocenters. The number of hydrogen-bond acceptors (Lipinski definition) is 3. The van der Waals surface area contributed by atoms with Gasteiger partial charge in [-0.1, -0.05) is 81.0 Å². The fourth-order valence-corrected chi connectivity index (χ4v) is 4.19. The Morgan fingerprint density at radius 2 is 1.22 bits per heavy atom. The predicted octanol–water partition coefficient (Wildman–Crippen LogP) is 5.45. The second-order valence-corrected chi connectivity index (χ2v) is 8.62. The normalized spacial score (nSPS) is 12.8. The minimum absolute atomic E-state index is 0.158. The van der Waals surface area contributed by atoms with Gasteiger partial charge in [-0.3, -0.25) is 19.3 Å². The van der Waals surface area contributed by atoms with Gasteiger partial charge in [-0.05, 0) is 30.5 Å². The lowest BCUT2D eigenvalue weighted by Crippen LogP contribution is -2.30. The number of benzene rings is 2. The lowest BCUT2D eigenvalue weighted by atomic mass is 10.1. The average molecular weight is 435 g/mol. The van der Waals surface area contributed by atoms with Crippen molar-refractivity contribution in [3.05, 3.63) is 71.3 Å². The molecule has 1 aliphatic heterocycles. The van der Waals surface area contributed by atoms with Crippen LogP contribution in [-0.2, 0) is 11.3 Å². The molecule has 0 saturated carbocycles. The summed E-state index contributed by atoms with van der Waals surface area (Å²) in [4.78, 5) is 40.1. The van der Waals surface area contributed by atoms with Crippen LogP contribution < -0.4 is 0 Å². The molecule has 1 aliphatic rings. The van der Waals surface area contributed by atoms with E-state index in [-0.39, 0.29) is 17.7 Å². The van der Waals surface area contributed by atoms with Crippen molar-refractivity contribution in [2.24, 2.45) is 0 Å². The van der Waals surface area contributed by atoms with Gasteiger partial charge in [0.25, 0.3) is 11.8 Å². The summed E-state index contributed by atoms with van der Waals surface area (Å²) in [6, 6.07) is 17.1. The zero-order valence-corrected chi connectivity index (χ0v) is 19.1. The van der Waals surface area contributed by atoms with Crippen molar-refractivity contribution in [1.82, 2.24) is 9.80 Å². The number of nitrogens with zero attached hydrogens (tertiary/aromatic N) is 2. The maximum absolute atomic E-state index is 12.3. The Labute approximate surface area is 191 Å². The Bertz CT molecular complexity index is 875. The van der Waals surface area contributed by atoms with E-state index in [9.17, 15) is 14.4 Å². The molecule has 0 radical (unpaired) electrons. The Kier molecular flexibility index (Phi) is 9.02. The third-order valence-electron chi connectivity index (χ3n) is 6.09. The molecular formula is C27H34N2O3. The maximum atomic E-state index is 12.3. The minimum Gasteiger partial charge on any atom is -0.341 e. The maximum Gasteiger partial charge on any atom is 0.261 e. The van der Waals surface area contributed by atoms with Crippen LogP contribution >= 0.6 is 0 Å². The summed E-state index contributed by atoms with van der Waals surface area (Å²) in [5.74, 6) is -0.105. The van der Waals surface area contributed by atoms with E-state index in [0.29, 0.717) is 30.6 Å². The standard InChI is InChI=1S/C27H34N2O3/c1-28(21-22-15-9-8-10-16-22)25(30)19-11-6-4-2-3-5-7-14-20-29-26(31)23-17-12-13-18-24(23)27(29)32/h8-10,12-13,15-18H,2-7,11,14,19-21H2,1H3. The first-order valence-electron chi connectivity index (χ1n) is 11.8. The lowest BCUT2D eigenvalue weighted by molar-refractivity contribution is -0.130. The largest absolute Gasteiger partial charge is 0.341 e. The van der Waals surface area contributed by atoms with Crippen molar-refractivity contribution in [3.8, 4) is 0 Å². The smallest absolute Gasteiger partial charge is 0.261 e. The van der Waals surface area contributed by atoms with Crippen LogP contribution in [0.15, 0.2) is 54.6 Å². The summed E-state index contributed by atoms with van der Waals surface area (Å²) in [6.07, 6.45) is 9.10. The number of rotatable bonds is 13. The summed E-state index contributed by atoms with van der Waals surface area (Å²) >= 11 is 0. The van der Waals surface area contributed by atoms with Gasteiger partial charge in [0.15, 0.2) is 0 Å². The van der Waals surface area contributed by atoms with Crippen LogP contribution in [0.1, 0.15) is 84.1 Å². The SMILES string of the molecule is CN(Cc1ccccc1)C(=O)CCCCCCCCCCN1C(=O)c2ccccc2C1=O. The van der Waals surface area contributed by atoms with Gasteiger partial charge in [0, 0.05) is 26.6 Å². The molecule has 0 bridgehead atoms. The van der Waals surface area contributed by atoms with Gasteiger partial charge in [0.2, 0.25) is 5.91 Å². The van der Waals surface area contributed by atoms with Gasteiger partial charge in [-0.25, -0.2) is 0 Å². The number of fused-ring (bicyclic) bond motifs is 1. The van der Waals surface area contributed by atoms with Crippen molar-refractivity contribution in [3.63, 3.8) is 0 Å².